The number of likely N-dealkylation sites (N-methyl/N-ethyl adjacent to an activating group) is 1. The summed E-state index contributed by atoms with van der Waals surface area (Å²) in [4.78, 5) is 31.8. The number of carbonyl (C=O) groups excluding carboxylic acids is 2. The molecule has 2 aromatic heterocycles. The highest BCUT2D eigenvalue weighted by Gasteiger charge is 2.32. The Hall–Kier alpha value is -3.49. The summed E-state index contributed by atoms with van der Waals surface area (Å²) in [5.74, 6) is 1.05. The Morgan fingerprint density at radius 2 is 2.00 bits per heavy atom. The second-order valence-electron chi connectivity index (χ2n) is 7.74. The standard InChI is InChI=1S/C21H23N7O2/c1-26-18-10-12-22-27(18)13-11-15(21(26)30)23-20(29)19-24-17-9-5-8-16(28(17)25-19)14-6-3-2-4-7-14/h2-4,6-7,10,12,15-16H,5,8-9,11,13H2,1H3,(H,23,29)/t15-,16?/m0/s1. The largest absolute Gasteiger partial charge is 0.337 e. The number of carbonyl (C=O) groups is 2. The van der Waals surface area contributed by atoms with Crippen LogP contribution in [0.5, 0.6) is 0 Å². The van der Waals surface area contributed by atoms with Gasteiger partial charge in [0, 0.05) is 26.1 Å². The Labute approximate surface area is 173 Å². The Morgan fingerprint density at radius 3 is 2.83 bits per heavy atom. The van der Waals surface area contributed by atoms with Gasteiger partial charge < -0.3 is 5.32 Å². The molecule has 3 aromatic rings. The van der Waals surface area contributed by atoms with E-state index in [0.29, 0.717) is 13.0 Å². The number of rotatable bonds is 3. The van der Waals surface area contributed by atoms with Crippen LogP contribution in [0.2, 0.25) is 0 Å². The lowest BCUT2D eigenvalue weighted by molar-refractivity contribution is -0.120. The van der Waals surface area contributed by atoms with Gasteiger partial charge in [-0.3, -0.25) is 14.5 Å². The van der Waals surface area contributed by atoms with Crippen molar-refractivity contribution in [1.29, 1.82) is 0 Å². The smallest absolute Gasteiger partial charge is 0.291 e. The van der Waals surface area contributed by atoms with Crippen molar-refractivity contribution in [1.82, 2.24) is 29.9 Å². The maximum atomic E-state index is 12.9. The number of hydrogen-bond donors (Lipinski definition) is 1. The lowest BCUT2D eigenvalue weighted by atomic mass is 9.98. The van der Waals surface area contributed by atoms with Crippen molar-refractivity contribution in [2.24, 2.45) is 0 Å². The van der Waals surface area contributed by atoms with Gasteiger partial charge in [-0.2, -0.15) is 5.10 Å². The molecular weight excluding hydrogens is 382 g/mol. The van der Waals surface area contributed by atoms with Gasteiger partial charge in [-0.05, 0) is 24.8 Å². The second-order valence-corrected chi connectivity index (χ2v) is 7.74. The quantitative estimate of drug-likeness (QED) is 0.713. The highest BCUT2D eigenvalue weighted by molar-refractivity contribution is 6.00. The molecular formula is C21H23N7O2. The van der Waals surface area contributed by atoms with Gasteiger partial charge in [0.2, 0.25) is 5.82 Å². The zero-order valence-electron chi connectivity index (χ0n) is 16.7. The van der Waals surface area contributed by atoms with E-state index in [9.17, 15) is 9.59 Å². The number of anilines is 1. The van der Waals surface area contributed by atoms with Crippen LogP contribution >= 0.6 is 0 Å². The molecule has 0 fully saturated rings. The highest BCUT2D eigenvalue weighted by atomic mass is 16.2. The van der Waals surface area contributed by atoms with E-state index in [-0.39, 0.29) is 17.8 Å². The number of aromatic nitrogens is 5. The molecule has 9 heteroatoms. The molecule has 2 aliphatic heterocycles. The normalized spacial score (nSPS) is 21.0. The third-order valence-electron chi connectivity index (χ3n) is 5.86. The molecule has 2 aliphatic rings. The molecule has 30 heavy (non-hydrogen) atoms. The van der Waals surface area contributed by atoms with Crippen molar-refractivity contribution >= 4 is 17.6 Å². The van der Waals surface area contributed by atoms with Gasteiger partial charge in [-0.25, -0.2) is 14.3 Å². The fourth-order valence-electron chi connectivity index (χ4n) is 4.29. The molecule has 1 N–H and O–H groups in total. The molecule has 0 saturated carbocycles. The van der Waals surface area contributed by atoms with E-state index < -0.39 is 11.9 Å². The minimum absolute atomic E-state index is 0.0756. The summed E-state index contributed by atoms with van der Waals surface area (Å²) in [6.07, 6.45) is 4.87. The van der Waals surface area contributed by atoms with Crippen LogP contribution in [-0.4, -0.2) is 49.4 Å². The van der Waals surface area contributed by atoms with Crippen LogP contribution in [0.15, 0.2) is 42.6 Å². The molecule has 2 amide bonds. The van der Waals surface area contributed by atoms with Gasteiger partial charge in [0.15, 0.2) is 0 Å². The Kier molecular flexibility index (Phi) is 4.57. The van der Waals surface area contributed by atoms with Crippen molar-refractivity contribution in [3.63, 3.8) is 0 Å². The third kappa shape index (κ3) is 3.16. The number of aryl methyl sites for hydroxylation is 2. The van der Waals surface area contributed by atoms with Crippen LogP contribution in [0.4, 0.5) is 5.82 Å². The van der Waals surface area contributed by atoms with E-state index in [1.807, 2.05) is 22.9 Å². The van der Waals surface area contributed by atoms with Crippen LogP contribution in [0.1, 0.15) is 47.3 Å². The molecule has 2 atom stereocenters. The van der Waals surface area contributed by atoms with Gasteiger partial charge in [0.05, 0.1) is 12.2 Å². The van der Waals surface area contributed by atoms with Crippen molar-refractivity contribution < 1.29 is 9.59 Å². The first-order valence-corrected chi connectivity index (χ1v) is 10.2. The molecule has 0 aliphatic carbocycles. The van der Waals surface area contributed by atoms with Crippen LogP contribution in [0.3, 0.4) is 0 Å². The Morgan fingerprint density at radius 1 is 1.17 bits per heavy atom. The predicted octanol–water partition coefficient (Wildman–Crippen LogP) is 1.57. The summed E-state index contributed by atoms with van der Waals surface area (Å²) in [5, 5.41) is 11.6. The van der Waals surface area contributed by atoms with Crippen molar-refractivity contribution in [3.05, 3.63) is 59.8 Å². The average molecular weight is 405 g/mol. The number of nitrogens with one attached hydrogen (secondary N) is 1. The van der Waals surface area contributed by atoms with Crippen LogP contribution in [0.25, 0.3) is 0 Å². The lowest BCUT2D eigenvalue weighted by Crippen LogP contribution is -2.47. The maximum Gasteiger partial charge on any atom is 0.291 e. The van der Waals surface area contributed by atoms with Gasteiger partial charge in [0.25, 0.3) is 11.8 Å². The zero-order valence-corrected chi connectivity index (χ0v) is 16.7. The number of amides is 2. The third-order valence-corrected chi connectivity index (χ3v) is 5.86. The number of nitrogens with zero attached hydrogens (tertiary/aromatic N) is 6. The van der Waals surface area contributed by atoms with E-state index in [1.165, 1.54) is 4.90 Å². The average Bonchev–Trinajstić information content (AvgIpc) is 3.40. The minimum Gasteiger partial charge on any atom is -0.337 e. The van der Waals surface area contributed by atoms with Gasteiger partial charge in [0.1, 0.15) is 17.7 Å². The number of fused-ring (bicyclic) bond motifs is 2. The van der Waals surface area contributed by atoms with Crippen molar-refractivity contribution in [3.8, 4) is 0 Å². The van der Waals surface area contributed by atoms with Crippen molar-refractivity contribution in [2.75, 3.05) is 11.9 Å². The van der Waals surface area contributed by atoms with Crippen LogP contribution in [0, 0.1) is 0 Å². The van der Waals surface area contributed by atoms with Gasteiger partial charge >= 0.3 is 0 Å². The monoisotopic (exact) mass is 405 g/mol. The Balaban J connectivity index is 1.36. The molecule has 9 nitrogen and oxygen atoms in total. The van der Waals surface area contributed by atoms with E-state index >= 15 is 0 Å². The first-order chi connectivity index (χ1) is 14.6. The minimum atomic E-state index is -0.644. The molecule has 0 saturated heterocycles. The Bertz CT molecular complexity index is 1090. The summed E-state index contributed by atoms with van der Waals surface area (Å²) in [7, 11) is 1.69. The molecule has 1 unspecified atom stereocenters. The maximum absolute atomic E-state index is 12.9. The summed E-state index contributed by atoms with van der Waals surface area (Å²) >= 11 is 0. The number of hydrogen-bond acceptors (Lipinski definition) is 5. The van der Waals surface area contributed by atoms with Crippen LogP contribution in [-0.2, 0) is 17.8 Å². The van der Waals surface area contributed by atoms with Crippen molar-refractivity contribution in [2.45, 2.75) is 44.3 Å². The molecule has 1 aromatic carbocycles. The summed E-state index contributed by atoms with van der Waals surface area (Å²) in [6.45, 7) is 0.548. The zero-order chi connectivity index (χ0) is 20.7. The topological polar surface area (TPSA) is 97.9 Å². The van der Waals surface area contributed by atoms with Gasteiger partial charge in [-0.1, -0.05) is 30.3 Å². The summed E-state index contributed by atoms with van der Waals surface area (Å²) < 4.78 is 3.63. The van der Waals surface area contributed by atoms with E-state index in [2.05, 4.69) is 32.6 Å². The van der Waals surface area contributed by atoms with E-state index in [0.717, 1.165) is 36.5 Å². The lowest BCUT2D eigenvalue weighted by Gasteiger charge is -2.23. The molecule has 0 spiro atoms. The second kappa shape index (κ2) is 7.40. The highest BCUT2D eigenvalue weighted by Crippen LogP contribution is 2.29. The SMILES string of the molecule is CN1C(=O)[C@@H](NC(=O)c2nc3n(n2)C(c2ccccc2)CCC3)CCn2nccc21. The molecule has 4 heterocycles. The summed E-state index contributed by atoms with van der Waals surface area (Å²) in [5.41, 5.74) is 1.16. The molecule has 0 radical (unpaired) electrons. The van der Waals surface area contributed by atoms with E-state index in [1.54, 1.807) is 24.0 Å². The molecule has 0 bridgehead atoms. The molecule has 154 valence electrons. The van der Waals surface area contributed by atoms with Gasteiger partial charge in [-0.15, -0.1) is 5.10 Å². The number of benzene rings is 1. The first-order valence-electron chi connectivity index (χ1n) is 10.2. The summed E-state index contributed by atoms with van der Waals surface area (Å²) in [6, 6.07) is 11.4. The molecule has 5 rings (SSSR count). The fourth-order valence-corrected chi connectivity index (χ4v) is 4.29. The predicted molar refractivity (Wildman–Crippen MR) is 109 cm³/mol. The van der Waals surface area contributed by atoms with E-state index in [4.69, 9.17) is 0 Å². The fraction of sp³-hybridized carbons (Fsp3) is 0.381. The first kappa shape index (κ1) is 18.5. The van der Waals surface area contributed by atoms with Crippen LogP contribution < -0.4 is 10.2 Å².